The fourth-order valence-corrected chi connectivity index (χ4v) is 2.44. The fourth-order valence-electron chi connectivity index (χ4n) is 2.28. The number of alkyl halides is 4. The number of nitrogens with zero attached hydrogens (tertiary/aromatic N) is 2. The van der Waals surface area contributed by atoms with E-state index in [0.29, 0.717) is 23.7 Å². The van der Waals surface area contributed by atoms with Gasteiger partial charge in [-0.15, -0.1) is 11.6 Å². The average Bonchev–Trinajstić information content (AvgIpc) is 2.75. The molecule has 0 amide bonds. The van der Waals surface area contributed by atoms with E-state index in [1.54, 1.807) is 0 Å². The highest BCUT2D eigenvalue weighted by Crippen LogP contribution is 2.31. The van der Waals surface area contributed by atoms with E-state index in [1.165, 1.54) is 6.07 Å². The maximum atomic E-state index is 12.8. The van der Waals surface area contributed by atoms with Gasteiger partial charge in [-0.3, -0.25) is 0 Å². The summed E-state index contributed by atoms with van der Waals surface area (Å²) >= 11 is 5.78. The normalized spacial score (nSPS) is 13.8. The van der Waals surface area contributed by atoms with Gasteiger partial charge in [-0.2, -0.15) is 13.2 Å². The second-order valence-electron chi connectivity index (χ2n) is 5.29. The van der Waals surface area contributed by atoms with Crippen molar-refractivity contribution in [3.8, 4) is 0 Å². The summed E-state index contributed by atoms with van der Waals surface area (Å²) in [6.45, 7) is 4.94. The zero-order chi connectivity index (χ0) is 15.6. The Morgan fingerprint density at radius 2 is 2.05 bits per heavy atom. The molecule has 6 heteroatoms. The van der Waals surface area contributed by atoms with Crippen molar-refractivity contribution < 1.29 is 13.2 Å². The first-order valence-corrected chi connectivity index (χ1v) is 7.52. The monoisotopic (exact) mass is 318 g/mol. The molecule has 2 rings (SSSR count). The van der Waals surface area contributed by atoms with Crippen molar-refractivity contribution in [1.29, 1.82) is 0 Å². The summed E-state index contributed by atoms with van der Waals surface area (Å²) in [5.74, 6) is 1.58. The lowest BCUT2D eigenvalue weighted by Gasteiger charge is -2.13. The Kier molecular flexibility index (Phi) is 4.81. The second-order valence-corrected chi connectivity index (χ2v) is 5.67. The molecule has 21 heavy (non-hydrogen) atoms. The van der Waals surface area contributed by atoms with Gasteiger partial charge in [-0.05, 0) is 24.1 Å². The molecule has 1 aromatic heterocycles. The van der Waals surface area contributed by atoms with Gasteiger partial charge in [-0.25, -0.2) is 4.98 Å². The van der Waals surface area contributed by atoms with E-state index < -0.39 is 11.7 Å². The van der Waals surface area contributed by atoms with Gasteiger partial charge in [0.15, 0.2) is 0 Å². The van der Waals surface area contributed by atoms with Crippen LogP contribution in [0.2, 0.25) is 0 Å². The van der Waals surface area contributed by atoms with Gasteiger partial charge >= 0.3 is 6.18 Å². The predicted molar refractivity (Wildman–Crippen MR) is 78.6 cm³/mol. The van der Waals surface area contributed by atoms with Gasteiger partial charge < -0.3 is 4.57 Å². The van der Waals surface area contributed by atoms with Crippen molar-refractivity contribution in [3.05, 3.63) is 29.6 Å². The van der Waals surface area contributed by atoms with Crippen molar-refractivity contribution in [2.75, 3.05) is 5.88 Å². The molecular weight excluding hydrogens is 301 g/mol. The summed E-state index contributed by atoms with van der Waals surface area (Å²) in [6, 6.07) is 3.73. The maximum Gasteiger partial charge on any atom is 0.416 e. The molecule has 0 saturated heterocycles. The summed E-state index contributed by atoms with van der Waals surface area (Å²) in [5.41, 5.74) is 0.456. The van der Waals surface area contributed by atoms with Gasteiger partial charge in [0.1, 0.15) is 5.82 Å². The number of fused-ring (bicyclic) bond motifs is 1. The summed E-state index contributed by atoms with van der Waals surface area (Å²) in [4.78, 5) is 4.34. The summed E-state index contributed by atoms with van der Waals surface area (Å²) in [7, 11) is 0. The molecule has 116 valence electrons. The third-order valence-corrected chi connectivity index (χ3v) is 3.85. The van der Waals surface area contributed by atoms with Gasteiger partial charge in [0, 0.05) is 18.8 Å². The van der Waals surface area contributed by atoms with Crippen LogP contribution in [0.1, 0.15) is 31.7 Å². The zero-order valence-corrected chi connectivity index (χ0v) is 12.8. The molecule has 0 radical (unpaired) electrons. The van der Waals surface area contributed by atoms with E-state index in [4.69, 9.17) is 11.6 Å². The first kappa shape index (κ1) is 16.1. The molecule has 0 bridgehead atoms. The predicted octanol–water partition coefficient (Wildman–Crippen LogP) is 4.88. The Labute approximate surface area is 126 Å². The molecule has 0 aliphatic rings. The standard InChI is InChI=1S/C15H18ClF3N2/c1-3-10(2)9-21-13-5-4-11(15(17,18)19)8-12(13)20-14(21)6-7-16/h4-5,8,10H,3,6-7,9H2,1-2H3. The molecule has 2 nitrogen and oxygen atoms in total. The Balaban J connectivity index is 2.51. The Morgan fingerprint density at radius 3 is 2.62 bits per heavy atom. The number of aryl methyl sites for hydroxylation is 1. The van der Waals surface area contributed by atoms with Crippen LogP contribution in [0.25, 0.3) is 11.0 Å². The SMILES string of the molecule is CCC(C)Cn1c(CCCl)nc2cc(C(F)(F)F)ccc21. The minimum absolute atomic E-state index is 0.383. The summed E-state index contributed by atoms with van der Waals surface area (Å²) in [5, 5.41) is 0. The van der Waals surface area contributed by atoms with Gasteiger partial charge in [-0.1, -0.05) is 20.3 Å². The van der Waals surface area contributed by atoms with Crippen LogP contribution in [0, 0.1) is 5.92 Å². The smallest absolute Gasteiger partial charge is 0.328 e. The summed E-state index contributed by atoms with van der Waals surface area (Å²) in [6.07, 6.45) is -2.80. The van der Waals surface area contributed by atoms with E-state index in [0.717, 1.165) is 36.4 Å². The Morgan fingerprint density at radius 1 is 1.33 bits per heavy atom. The van der Waals surface area contributed by atoms with Crippen LogP contribution in [0.3, 0.4) is 0 Å². The van der Waals surface area contributed by atoms with Crippen molar-refractivity contribution in [3.63, 3.8) is 0 Å². The van der Waals surface area contributed by atoms with Crippen LogP contribution in [-0.4, -0.2) is 15.4 Å². The highest BCUT2D eigenvalue weighted by atomic mass is 35.5. The Bertz CT molecular complexity index is 619. The number of halogens is 4. The highest BCUT2D eigenvalue weighted by molar-refractivity contribution is 6.17. The number of imidazole rings is 1. The molecular formula is C15H18ClF3N2. The van der Waals surface area contributed by atoms with Crippen LogP contribution < -0.4 is 0 Å². The van der Waals surface area contributed by atoms with E-state index in [9.17, 15) is 13.2 Å². The van der Waals surface area contributed by atoms with Crippen LogP contribution >= 0.6 is 11.6 Å². The first-order chi connectivity index (χ1) is 9.86. The topological polar surface area (TPSA) is 17.8 Å². The fraction of sp³-hybridized carbons (Fsp3) is 0.533. The van der Waals surface area contributed by atoms with Crippen LogP contribution in [-0.2, 0) is 19.1 Å². The highest BCUT2D eigenvalue weighted by Gasteiger charge is 2.31. The van der Waals surface area contributed by atoms with E-state index in [-0.39, 0.29) is 0 Å². The lowest BCUT2D eigenvalue weighted by molar-refractivity contribution is -0.137. The van der Waals surface area contributed by atoms with Crippen molar-refractivity contribution in [2.24, 2.45) is 5.92 Å². The quantitative estimate of drug-likeness (QED) is 0.718. The van der Waals surface area contributed by atoms with E-state index in [1.807, 2.05) is 4.57 Å². The molecule has 0 N–H and O–H groups in total. The average molecular weight is 319 g/mol. The van der Waals surface area contributed by atoms with Crippen molar-refractivity contribution in [2.45, 2.75) is 39.4 Å². The van der Waals surface area contributed by atoms with Crippen LogP contribution in [0.5, 0.6) is 0 Å². The number of rotatable bonds is 5. The molecule has 0 aliphatic heterocycles. The molecule has 1 unspecified atom stereocenters. The number of hydrogen-bond donors (Lipinski definition) is 0. The third kappa shape index (κ3) is 3.51. The lowest BCUT2D eigenvalue weighted by Crippen LogP contribution is -2.11. The lowest BCUT2D eigenvalue weighted by atomic mass is 10.1. The maximum absolute atomic E-state index is 12.8. The molecule has 1 heterocycles. The minimum atomic E-state index is -4.35. The van der Waals surface area contributed by atoms with Crippen molar-refractivity contribution >= 4 is 22.6 Å². The molecule has 1 aromatic carbocycles. The molecule has 2 aromatic rings. The minimum Gasteiger partial charge on any atom is -0.328 e. The van der Waals surface area contributed by atoms with E-state index in [2.05, 4.69) is 18.8 Å². The van der Waals surface area contributed by atoms with Crippen molar-refractivity contribution in [1.82, 2.24) is 9.55 Å². The zero-order valence-electron chi connectivity index (χ0n) is 12.0. The second kappa shape index (κ2) is 6.26. The van der Waals surface area contributed by atoms with Gasteiger partial charge in [0.2, 0.25) is 0 Å². The first-order valence-electron chi connectivity index (χ1n) is 6.99. The largest absolute Gasteiger partial charge is 0.416 e. The van der Waals surface area contributed by atoms with E-state index >= 15 is 0 Å². The third-order valence-electron chi connectivity index (χ3n) is 3.66. The van der Waals surface area contributed by atoms with Gasteiger partial charge in [0.25, 0.3) is 0 Å². The van der Waals surface area contributed by atoms with Crippen LogP contribution in [0.4, 0.5) is 13.2 Å². The van der Waals surface area contributed by atoms with Crippen LogP contribution in [0.15, 0.2) is 18.2 Å². The molecule has 1 atom stereocenters. The molecule has 0 fully saturated rings. The van der Waals surface area contributed by atoms with Gasteiger partial charge in [0.05, 0.1) is 16.6 Å². The number of aromatic nitrogens is 2. The number of hydrogen-bond acceptors (Lipinski definition) is 1. The Hall–Kier alpha value is -1.23. The number of benzene rings is 1. The molecule has 0 saturated carbocycles. The summed E-state index contributed by atoms with van der Waals surface area (Å²) < 4.78 is 40.3. The molecule has 0 spiro atoms. The molecule has 0 aliphatic carbocycles.